The van der Waals surface area contributed by atoms with Crippen molar-refractivity contribution in [2.24, 2.45) is 5.73 Å². The number of amides is 1. The topological polar surface area (TPSA) is 64.3 Å². The molecular weight excluding hydrogens is 308 g/mol. The Balaban J connectivity index is 1.70. The van der Waals surface area contributed by atoms with E-state index >= 15 is 0 Å². The van der Waals surface area contributed by atoms with Crippen molar-refractivity contribution in [3.05, 3.63) is 60.2 Å². The third-order valence-electron chi connectivity index (χ3n) is 3.78. The van der Waals surface area contributed by atoms with E-state index in [1.807, 2.05) is 54.6 Å². The van der Waals surface area contributed by atoms with Gasteiger partial charge in [-0.3, -0.25) is 4.79 Å². The average molecular weight is 328 g/mol. The van der Waals surface area contributed by atoms with E-state index in [0.717, 1.165) is 29.2 Å². The molecule has 120 valence electrons. The first-order valence-corrected chi connectivity index (χ1v) is 8.76. The molecule has 0 unspecified atom stereocenters. The molecule has 23 heavy (non-hydrogen) atoms. The molecule has 3 N–H and O–H groups in total. The van der Waals surface area contributed by atoms with Crippen LogP contribution in [0.5, 0.6) is 11.5 Å². The molecule has 4 nitrogen and oxygen atoms in total. The monoisotopic (exact) mass is 328 g/mol. The molecule has 0 aliphatic carbocycles. The van der Waals surface area contributed by atoms with E-state index in [-0.39, 0.29) is 17.2 Å². The lowest BCUT2D eigenvalue weighted by atomic mass is 10.1. The summed E-state index contributed by atoms with van der Waals surface area (Å²) in [6.07, 6.45) is 0.915. The largest absolute Gasteiger partial charge is 0.457 e. The lowest BCUT2D eigenvalue weighted by Gasteiger charge is -2.16. The van der Waals surface area contributed by atoms with E-state index in [0.29, 0.717) is 6.54 Å². The molecule has 1 heterocycles. The Morgan fingerprint density at radius 2 is 1.78 bits per heavy atom. The van der Waals surface area contributed by atoms with Gasteiger partial charge in [0.15, 0.2) is 0 Å². The summed E-state index contributed by atoms with van der Waals surface area (Å²) in [7, 11) is 0. The predicted octanol–water partition coefficient (Wildman–Crippen LogP) is 3.10. The number of ether oxygens (including phenoxy) is 1. The first-order chi connectivity index (χ1) is 11.3. The van der Waals surface area contributed by atoms with Crippen LogP contribution in [0, 0.1) is 0 Å². The number of hydrogen-bond donors (Lipinski definition) is 2. The fraction of sp³-hybridized carbons (Fsp3) is 0.278. The molecule has 1 aliphatic rings. The molecule has 0 aromatic heterocycles. The van der Waals surface area contributed by atoms with Gasteiger partial charge in [0.2, 0.25) is 5.91 Å². The van der Waals surface area contributed by atoms with E-state index < -0.39 is 0 Å². The van der Waals surface area contributed by atoms with Gasteiger partial charge in [-0.15, -0.1) is 11.8 Å². The zero-order valence-corrected chi connectivity index (χ0v) is 13.6. The molecule has 1 aliphatic heterocycles. The molecule has 0 bridgehead atoms. The summed E-state index contributed by atoms with van der Waals surface area (Å²) < 4.78 is 5.78. The van der Waals surface area contributed by atoms with Crippen LogP contribution in [0.3, 0.4) is 0 Å². The number of para-hydroxylation sites is 1. The second kappa shape index (κ2) is 7.53. The summed E-state index contributed by atoms with van der Waals surface area (Å²) in [6, 6.07) is 17.5. The predicted molar refractivity (Wildman–Crippen MR) is 93.8 cm³/mol. The minimum absolute atomic E-state index is 0.0414. The summed E-state index contributed by atoms with van der Waals surface area (Å²) in [4.78, 5) is 12.3. The number of hydrogen-bond acceptors (Lipinski definition) is 4. The first-order valence-electron chi connectivity index (χ1n) is 7.71. The maximum Gasteiger partial charge on any atom is 0.237 e. The molecule has 0 saturated carbocycles. The fourth-order valence-electron chi connectivity index (χ4n) is 2.51. The Morgan fingerprint density at radius 1 is 1.09 bits per heavy atom. The summed E-state index contributed by atoms with van der Waals surface area (Å²) in [5.74, 6) is 2.53. The summed E-state index contributed by atoms with van der Waals surface area (Å²) in [5, 5.41) is 2.83. The first kappa shape index (κ1) is 15.9. The van der Waals surface area contributed by atoms with Crippen LogP contribution in [0.15, 0.2) is 54.6 Å². The molecule has 2 atom stereocenters. The van der Waals surface area contributed by atoms with Crippen LogP contribution in [-0.2, 0) is 4.79 Å². The number of carbonyl (C=O) groups is 1. The summed E-state index contributed by atoms with van der Waals surface area (Å²) in [5.41, 5.74) is 6.66. The lowest BCUT2D eigenvalue weighted by molar-refractivity contribution is -0.121. The van der Waals surface area contributed by atoms with E-state index in [1.165, 1.54) is 0 Å². The molecule has 5 heteroatoms. The Kier molecular flexibility index (Phi) is 5.20. The molecule has 2 aromatic carbocycles. The highest BCUT2D eigenvalue weighted by Gasteiger charge is 2.26. The number of nitrogens with two attached hydrogens (primary N) is 1. The summed E-state index contributed by atoms with van der Waals surface area (Å²) in [6.45, 7) is 0.489. The standard InChI is InChI=1S/C18H20N2O2S/c19-12-14-10-11-23-17(18(21)20-14)13-6-8-16(9-7-13)22-15-4-2-1-3-5-15/h1-9,14,17H,10-12,19H2,(H,20,21)/t14-,17+/m0/s1. The summed E-state index contributed by atoms with van der Waals surface area (Å²) >= 11 is 1.67. The molecule has 0 radical (unpaired) electrons. The fourth-order valence-corrected chi connectivity index (χ4v) is 3.74. The van der Waals surface area contributed by atoms with Crippen molar-refractivity contribution in [1.82, 2.24) is 5.32 Å². The van der Waals surface area contributed by atoms with Gasteiger partial charge in [0.25, 0.3) is 0 Å². The quantitative estimate of drug-likeness (QED) is 0.905. The van der Waals surface area contributed by atoms with Crippen LogP contribution >= 0.6 is 11.8 Å². The van der Waals surface area contributed by atoms with Crippen LogP contribution < -0.4 is 15.8 Å². The highest BCUT2D eigenvalue weighted by atomic mass is 32.2. The number of thioether (sulfide) groups is 1. The Morgan fingerprint density at radius 3 is 2.48 bits per heavy atom. The zero-order valence-electron chi connectivity index (χ0n) is 12.8. The van der Waals surface area contributed by atoms with Crippen LogP contribution in [0.1, 0.15) is 17.2 Å². The van der Waals surface area contributed by atoms with Crippen molar-refractivity contribution < 1.29 is 9.53 Å². The van der Waals surface area contributed by atoms with Crippen LogP contribution in [0.2, 0.25) is 0 Å². The van der Waals surface area contributed by atoms with Gasteiger partial charge >= 0.3 is 0 Å². The number of nitrogens with one attached hydrogen (secondary N) is 1. The smallest absolute Gasteiger partial charge is 0.237 e. The van der Waals surface area contributed by atoms with Crippen molar-refractivity contribution in [1.29, 1.82) is 0 Å². The van der Waals surface area contributed by atoms with Gasteiger partial charge in [-0.2, -0.15) is 0 Å². The lowest BCUT2D eigenvalue weighted by Crippen LogP contribution is -2.40. The van der Waals surface area contributed by atoms with Crippen LogP contribution in [-0.4, -0.2) is 24.2 Å². The third-order valence-corrected chi connectivity index (χ3v) is 5.07. The number of rotatable bonds is 4. The van der Waals surface area contributed by atoms with E-state index in [4.69, 9.17) is 10.5 Å². The van der Waals surface area contributed by atoms with Crippen molar-refractivity contribution in [2.45, 2.75) is 17.7 Å². The van der Waals surface area contributed by atoms with Gasteiger partial charge in [-0.25, -0.2) is 0 Å². The average Bonchev–Trinajstić information content (AvgIpc) is 2.78. The Hall–Kier alpha value is -1.98. The van der Waals surface area contributed by atoms with Gasteiger partial charge in [0.1, 0.15) is 16.7 Å². The highest BCUT2D eigenvalue weighted by molar-refractivity contribution is 8.00. The third kappa shape index (κ3) is 4.06. The molecule has 2 aromatic rings. The van der Waals surface area contributed by atoms with Crippen molar-refractivity contribution in [2.75, 3.05) is 12.3 Å². The molecule has 0 spiro atoms. The Bertz CT molecular complexity index is 646. The Labute approximate surface area is 140 Å². The van der Waals surface area contributed by atoms with Gasteiger partial charge in [0.05, 0.1) is 0 Å². The maximum atomic E-state index is 12.3. The van der Waals surface area contributed by atoms with Crippen LogP contribution in [0.25, 0.3) is 0 Å². The van der Waals surface area contributed by atoms with Crippen molar-refractivity contribution in [3.63, 3.8) is 0 Å². The van der Waals surface area contributed by atoms with Crippen molar-refractivity contribution in [3.8, 4) is 11.5 Å². The number of benzene rings is 2. The van der Waals surface area contributed by atoms with E-state index in [2.05, 4.69) is 5.32 Å². The van der Waals surface area contributed by atoms with Crippen LogP contribution in [0.4, 0.5) is 0 Å². The maximum absolute atomic E-state index is 12.3. The SMILES string of the molecule is NC[C@@H]1CCS[C@H](c2ccc(Oc3ccccc3)cc2)C(=O)N1. The molecular formula is C18H20N2O2S. The van der Waals surface area contributed by atoms with Gasteiger partial charge < -0.3 is 15.8 Å². The van der Waals surface area contributed by atoms with Crippen molar-refractivity contribution >= 4 is 17.7 Å². The minimum atomic E-state index is -0.183. The molecule has 1 fully saturated rings. The van der Waals surface area contributed by atoms with E-state index in [1.54, 1.807) is 11.8 Å². The second-order valence-electron chi connectivity index (χ2n) is 5.46. The minimum Gasteiger partial charge on any atom is -0.457 e. The number of carbonyl (C=O) groups excluding carboxylic acids is 1. The second-order valence-corrected chi connectivity index (χ2v) is 6.68. The van der Waals surface area contributed by atoms with Gasteiger partial charge in [-0.1, -0.05) is 30.3 Å². The molecule has 3 rings (SSSR count). The highest BCUT2D eigenvalue weighted by Crippen LogP contribution is 2.33. The normalized spacial score (nSPS) is 21.3. The van der Waals surface area contributed by atoms with Gasteiger partial charge in [-0.05, 0) is 42.0 Å². The zero-order chi connectivity index (χ0) is 16.1. The molecule has 1 amide bonds. The molecule has 1 saturated heterocycles. The van der Waals surface area contributed by atoms with E-state index in [9.17, 15) is 4.79 Å². The van der Waals surface area contributed by atoms with Gasteiger partial charge in [0, 0.05) is 12.6 Å².